The summed E-state index contributed by atoms with van der Waals surface area (Å²) in [4.78, 5) is 0. The van der Waals surface area contributed by atoms with E-state index < -0.39 is 0 Å². The lowest BCUT2D eigenvalue weighted by atomic mass is 9.96. The largest absolute Gasteiger partial charge is 0.278 e. The van der Waals surface area contributed by atoms with Crippen LogP contribution >= 0.6 is 0 Å². The third kappa shape index (κ3) is 3.42. The fourth-order valence-electron chi connectivity index (χ4n) is 2.99. The zero-order chi connectivity index (χ0) is 16.2. The molecule has 0 unspecified atom stereocenters. The van der Waals surface area contributed by atoms with Gasteiger partial charge in [-0.15, -0.1) is 0 Å². The number of benzene rings is 2. The first-order valence-corrected chi connectivity index (χ1v) is 7.96. The molecule has 0 bridgehead atoms. The Labute approximate surface area is 138 Å². The maximum Gasteiger partial charge on any atom is 0.0590 e. The second-order valence-corrected chi connectivity index (χ2v) is 6.10. The molecule has 1 aliphatic carbocycles. The van der Waals surface area contributed by atoms with Crippen molar-refractivity contribution in [3.8, 4) is 0 Å². The molecule has 0 aromatic heterocycles. The number of hydrogen-bond donors (Lipinski definition) is 1. The van der Waals surface area contributed by atoms with Gasteiger partial charge in [0.05, 0.1) is 11.9 Å². The quantitative estimate of drug-likeness (QED) is 0.580. The van der Waals surface area contributed by atoms with Gasteiger partial charge in [0.15, 0.2) is 0 Å². The predicted molar refractivity (Wildman–Crippen MR) is 99.8 cm³/mol. The van der Waals surface area contributed by atoms with Gasteiger partial charge in [-0.1, -0.05) is 54.1 Å². The van der Waals surface area contributed by atoms with Crippen molar-refractivity contribution in [3.63, 3.8) is 0 Å². The van der Waals surface area contributed by atoms with Crippen LogP contribution in [0.5, 0.6) is 0 Å². The van der Waals surface area contributed by atoms with E-state index in [9.17, 15) is 0 Å². The Balaban J connectivity index is 1.83. The van der Waals surface area contributed by atoms with Gasteiger partial charge in [0.2, 0.25) is 0 Å². The van der Waals surface area contributed by atoms with Crippen LogP contribution in [0.15, 0.2) is 70.9 Å². The average molecular weight is 302 g/mol. The Morgan fingerprint density at radius 3 is 2.43 bits per heavy atom. The molecule has 2 nitrogen and oxygen atoms in total. The molecule has 0 spiro atoms. The Kier molecular flexibility index (Phi) is 4.42. The first kappa shape index (κ1) is 15.3. The number of allylic oxidation sites excluding steroid dienone is 4. The van der Waals surface area contributed by atoms with Crippen LogP contribution in [0.3, 0.4) is 0 Å². The molecule has 0 aliphatic heterocycles. The van der Waals surface area contributed by atoms with Crippen molar-refractivity contribution >= 4 is 17.5 Å². The van der Waals surface area contributed by atoms with Crippen molar-refractivity contribution in [3.05, 3.63) is 82.4 Å². The summed E-state index contributed by atoms with van der Waals surface area (Å²) in [6, 6.07) is 16.6. The van der Waals surface area contributed by atoms with Gasteiger partial charge in [0.1, 0.15) is 0 Å². The fourth-order valence-corrected chi connectivity index (χ4v) is 2.99. The zero-order valence-electron chi connectivity index (χ0n) is 13.9. The highest BCUT2D eigenvalue weighted by molar-refractivity contribution is 5.91. The van der Waals surface area contributed by atoms with Crippen LogP contribution in [0.2, 0.25) is 0 Å². The highest BCUT2D eigenvalue weighted by Crippen LogP contribution is 2.34. The molecule has 0 radical (unpaired) electrons. The molecular weight excluding hydrogens is 280 g/mol. The Hall–Kier alpha value is -2.61. The minimum atomic E-state index is 1.03. The smallest absolute Gasteiger partial charge is 0.0590 e. The summed E-state index contributed by atoms with van der Waals surface area (Å²) in [6.07, 6.45) is 5.21. The lowest BCUT2D eigenvalue weighted by molar-refractivity contribution is 1.26. The fraction of sp³-hybridized carbons (Fsp3) is 0.190. The predicted octanol–water partition coefficient (Wildman–Crippen LogP) is 5.56. The number of nitrogens with zero attached hydrogens (tertiary/aromatic N) is 1. The number of rotatable bonds is 4. The molecule has 2 aromatic rings. The minimum Gasteiger partial charge on any atom is -0.278 e. The normalized spacial score (nSPS) is 14.5. The van der Waals surface area contributed by atoms with E-state index in [1.54, 1.807) is 0 Å². The molecule has 2 heteroatoms. The number of hydrogen-bond acceptors (Lipinski definition) is 2. The van der Waals surface area contributed by atoms with Gasteiger partial charge in [-0.25, -0.2) is 0 Å². The highest BCUT2D eigenvalue weighted by atomic mass is 15.3. The topological polar surface area (TPSA) is 24.4 Å². The average Bonchev–Trinajstić information content (AvgIpc) is 2.88. The van der Waals surface area contributed by atoms with E-state index in [4.69, 9.17) is 0 Å². The van der Waals surface area contributed by atoms with Gasteiger partial charge < -0.3 is 0 Å². The van der Waals surface area contributed by atoms with E-state index in [0.717, 1.165) is 17.7 Å². The molecule has 1 aliphatic rings. The van der Waals surface area contributed by atoms with Gasteiger partial charge >= 0.3 is 0 Å². The summed E-state index contributed by atoms with van der Waals surface area (Å²) in [5.74, 6) is 0. The van der Waals surface area contributed by atoms with Crippen molar-refractivity contribution in [2.75, 3.05) is 5.43 Å². The molecule has 0 saturated heterocycles. The third-order valence-corrected chi connectivity index (χ3v) is 4.21. The van der Waals surface area contributed by atoms with Crippen molar-refractivity contribution in [2.24, 2.45) is 5.10 Å². The lowest BCUT2D eigenvalue weighted by Gasteiger charge is -2.09. The molecule has 1 N–H and O–H groups in total. The summed E-state index contributed by atoms with van der Waals surface area (Å²) < 4.78 is 0. The molecule has 116 valence electrons. The molecular formula is C21H22N2. The van der Waals surface area contributed by atoms with Crippen molar-refractivity contribution < 1.29 is 0 Å². The maximum atomic E-state index is 4.43. The van der Waals surface area contributed by atoms with Crippen LogP contribution in [0.4, 0.5) is 5.69 Å². The summed E-state index contributed by atoms with van der Waals surface area (Å²) in [5.41, 5.74) is 12.0. The number of para-hydroxylation sites is 1. The molecule has 0 heterocycles. The Morgan fingerprint density at radius 2 is 1.70 bits per heavy atom. The van der Waals surface area contributed by atoms with Gasteiger partial charge in [-0.05, 0) is 55.5 Å². The highest BCUT2D eigenvalue weighted by Gasteiger charge is 2.14. The standard InChI is InChI=1S/C21H22N2/c1-15-12-17(3)20(13-15)19-10-6-5-9-18(19)14-22-23-21-11-7-4-8-16(21)2/h4-12,14,23H,13H2,1-3H3. The first-order chi connectivity index (χ1) is 11.1. The first-order valence-electron chi connectivity index (χ1n) is 7.96. The molecule has 23 heavy (non-hydrogen) atoms. The van der Waals surface area contributed by atoms with E-state index in [1.807, 2.05) is 24.4 Å². The molecule has 0 fully saturated rings. The van der Waals surface area contributed by atoms with E-state index in [2.05, 4.69) is 67.7 Å². The van der Waals surface area contributed by atoms with E-state index in [-0.39, 0.29) is 0 Å². The number of nitrogens with one attached hydrogen (secondary N) is 1. The monoisotopic (exact) mass is 302 g/mol. The zero-order valence-corrected chi connectivity index (χ0v) is 13.9. The summed E-state index contributed by atoms with van der Waals surface area (Å²) >= 11 is 0. The third-order valence-electron chi connectivity index (χ3n) is 4.21. The Morgan fingerprint density at radius 1 is 0.957 bits per heavy atom. The van der Waals surface area contributed by atoms with Crippen molar-refractivity contribution in [1.82, 2.24) is 0 Å². The summed E-state index contributed by atoms with van der Waals surface area (Å²) in [5, 5.41) is 4.43. The van der Waals surface area contributed by atoms with Crippen molar-refractivity contribution in [1.29, 1.82) is 0 Å². The van der Waals surface area contributed by atoms with Crippen LogP contribution in [0.1, 0.15) is 37.0 Å². The van der Waals surface area contributed by atoms with Gasteiger partial charge in [0, 0.05) is 5.56 Å². The van der Waals surface area contributed by atoms with E-state index >= 15 is 0 Å². The molecule has 0 amide bonds. The number of anilines is 1. The molecule has 2 aromatic carbocycles. The Bertz CT molecular complexity index is 810. The van der Waals surface area contributed by atoms with Crippen LogP contribution in [-0.4, -0.2) is 6.21 Å². The SMILES string of the molecule is CC1=CC(C)=C(c2ccccc2C=NNc2ccccc2C)C1. The van der Waals surface area contributed by atoms with Crippen LogP contribution in [0, 0.1) is 6.92 Å². The van der Waals surface area contributed by atoms with Gasteiger partial charge in [0.25, 0.3) is 0 Å². The second-order valence-electron chi connectivity index (χ2n) is 6.10. The van der Waals surface area contributed by atoms with E-state index in [0.29, 0.717) is 0 Å². The molecule has 3 rings (SSSR count). The summed E-state index contributed by atoms with van der Waals surface area (Å²) in [6.45, 7) is 6.45. The number of hydrazone groups is 1. The van der Waals surface area contributed by atoms with Crippen LogP contribution in [0.25, 0.3) is 5.57 Å². The van der Waals surface area contributed by atoms with Crippen LogP contribution < -0.4 is 5.43 Å². The molecule has 0 saturated carbocycles. The second kappa shape index (κ2) is 6.66. The van der Waals surface area contributed by atoms with Gasteiger partial charge in [-0.2, -0.15) is 5.10 Å². The minimum absolute atomic E-state index is 1.03. The summed E-state index contributed by atoms with van der Waals surface area (Å²) in [7, 11) is 0. The maximum absolute atomic E-state index is 4.43. The molecule has 0 atom stereocenters. The number of aryl methyl sites for hydroxylation is 1. The van der Waals surface area contributed by atoms with E-state index in [1.165, 1.54) is 27.8 Å². The van der Waals surface area contributed by atoms with Crippen molar-refractivity contribution in [2.45, 2.75) is 27.2 Å². The van der Waals surface area contributed by atoms with Gasteiger partial charge in [-0.3, -0.25) is 5.43 Å². The lowest BCUT2D eigenvalue weighted by Crippen LogP contribution is -1.96. The van der Waals surface area contributed by atoms with Crippen LogP contribution in [-0.2, 0) is 0 Å².